The Morgan fingerprint density at radius 2 is 1.75 bits per heavy atom. The summed E-state index contributed by atoms with van der Waals surface area (Å²) >= 11 is 0. The molecule has 0 aliphatic carbocycles. The van der Waals surface area contributed by atoms with Crippen molar-refractivity contribution >= 4 is 5.82 Å². The monoisotopic (exact) mass is 289 g/mol. The average Bonchev–Trinajstić information content (AvgIpc) is 2.44. The Balaban J connectivity index is 0.000000538. The minimum absolute atomic E-state index is 0.269. The molecule has 1 spiro atoms. The molecular formula is C14H25F2N3O. The SMILES string of the molecule is CC.CF.CO.Fc1ccc(N2CC3(CNC3)C2)nc1. The second-order valence-electron chi connectivity index (χ2n) is 4.29. The van der Waals surface area contributed by atoms with Crippen molar-refractivity contribution in [2.75, 3.05) is 45.4 Å². The molecule has 20 heavy (non-hydrogen) atoms. The van der Waals surface area contributed by atoms with Crippen LogP contribution in [0.25, 0.3) is 0 Å². The number of nitrogens with one attached hydrogen (secondary N) is 1. The van der Waals surface area contributed by atoms with Crippen molar-refractivity contribution in [1.29, 1.82) is 0 Å². The van der Waals surface area contributed by atoms with Crippen LogP contribution >= 0.6 is 0 Å². The summed E-state index contributed by atoms with van der Waals surface area (Å²) in [7, 11) is 1.50. The Bertz CT molecular complexity index is 348. The molecule has 0 bridgehead atoms. The Hall–Kier alpha value is -1.27. The third kappa shape index (κ3) is 4.38. The molecule has 3 rings (SSSR count). The van der Waals surface area contributed by atoms with Gasteiger partial charge >= 0.3 is 0 Å². The quantitative estimate of drug-likeness (QED) is 0.828. The van der Waals surface area contributed by atoms with Gasteiger partial charge in [0.15, 0.2) is 0 Å². The lowest BCUT2D eigenvalue weighted by molar-refractivity contribution is 0.120. The Morgan fingerprint density at radius 3 is 2.10 bits per heavy atom. The Kier molecular flexibility index (Phi) is 9.00. The molecule has 2 aliphatic rings. The number of rotatable bonds is 1. The third-order valence-electron chi connectivity index (χ3n) is 3.09. The summed E-state index contributed by atoms with van der Waals surface area (Å²) in [5.41, 5.74) is 0.496. The molecule has 2 N–H and O–H groups in total. The van der Waals surface area contributed by atoms with E-state index in [-0.39, 0.29) is 5.82 Å². The van der Waals surface area contributed by atoms with Crippen molar-refractivity contribution in [3.05, 3.63) is 24.1 Å². The van der Waals surface area contributed by atoms with E-state index in [9.17, 15) is 8.78 Å². The molecule has 0 aromatic carbocycles. The van der Waals surface area contributed by atoms with Gasteiger partial charge in [0.2, 0.25) is 0 Å². The van der Waals surface area contributed by atoms with E-state index in [0.29, 0.717) is 12.6 Å². The number of alkyl halides is 1. The highest BCUT2D eigenvalue weighted by Crippen LogP contribution is 2.36. The van der Waals surface area contributed by atoms with E-state index in [2.05, 4.69) is 15.2 Å². The first-order valence-corrected chi connectivity index (χ1v) is 6.67. The van der Waals surface area contributed by atoms with Crippen molar-refractivity contribution < 1.29 is 13.9 Å². The highest BCUT2D eigenvalue weighted by atomic mass is 19.1. The molecule has 0 saturated carbocycles. The smallest absolute Gasteiger partial charge is 0.141 e. The molecule has 0 amide bonds. The topological polar surface area (TPSA) is 48.4 Å². The first-order valence-electron chi connectivity index (χ1n) is 6.67. The van der Waals surface area contributed by atoms with E-state index < -0.39 is 0 Å². The zero-order valence-electron chi connectivity index (χ0n) is 12.7. The van der Waals surface area contributed by atoms with Gasteiger partial charge in [0.05, 0.1) is 13.4 Å². The lowest BCUT2D eigenvalue weighted by Gasteiger charge is -2.56. The number of hydrogen-bond acceptors (Lipinski definition) is 4. The fourth-order valence-corrected chi connectivity index (χ4v) is 2.18. The van der Waals surface area contributed by atoms with Gasteiger partial charge in [0.1, 0.15) is 11.6 Å². The van der Waals surface area contributed by atoms with Crippen molar-refractivity contribution in [3.8, 4) is 0 Å². The van der Waals surface area contributed by atoms with Crippen LogP contribution in [0.4, 0.5) is 14.6 Å². The maximum atomic E-state index is 12.6. The summed E-state index contributed by atoms with van der Waals surface area (Å²) in [6, 6.07) is 3.21. The number of hydrogen-bond donors (Lipinski definition) is 2. The minimum Gasteiger partial charge on any atom is -0.400 e. The maximum absolute atomic E-state index is 12.6. The summed E-state index contributed by atoms with van der Waals surface area (Å²) in [6.07, 6.45) is 1.28. The van der Waals surface area contributed by atoms with Gasteiger partial charge in [-0.1, -0.05) is 13.8 Å². The van der Waals surface area contributed by atoms with Gasteiger partial charge in [-0.3, -0.25) is 4.39 Å². The maximum Gasteiger partial charge on any atom is 0.141 e. The molecule has 2 saturated heterocycles. The number of halogens is 2. The summed E-state index contributed by atoms with van der Waals surface area (Å²) in [4.78, 5) is 6.25. The van der Waals surface area contributed by atoms with Crippen LogP contribution in [-0.2, 0) is 0 Å². The first-order chi connectivity index (χ1) is 9.77. The van der Waals surface area contributed by atoms with Crippen molar-refractivity contribution in [3.63, 3.8) is 0 Å². The zero-order chi connectivity index (χ0) is 15.6. The Morgan fingerprint density at radius 1 is 1.20 bits per heavy atom. The second-order valence-corrected chi connectivity index (χ2v) is 4.29. The lowest BCUT2D eigenvalue weighted by atomic mass is 9.74. The fourth-order valence-electron chi connectivity index (χ4n) is 2.18. The molecular weight excluding hydrogens is 264 g/mol. The van der Waals surface area contributed by atoms with Gasteiger partial charge in [0.25, 0.3) is 0 Å². The van der Waals surface area contributed by atoms with Crippen LogP contribution in [0.5, 0.6) is 0 Å². The Labute approximate surface area is 119 Å². The molecule has 6 heteroatoms. The molecule has 4 nitrogen and oxygen atoms in total. The number of anilines is 1. The minimum atomic E-state index is -0.269. The molecule has 116 valence electrons. The second kappa shape index (κ2) is 9.61. The molecule has 3 heterocycles. The predicted molar refractivity (Wildman–Crippen MR) is 78.2 cm³/mol. The van der Waals surface area contributed by atoms with Crippen molar-refractivity contribution in [2.24, 2.45) is 5.41 Å². The zero-order valence-corrected chi connectivity index (χ0v) is 12.7. The normalized spacial score (nSPS) is 17.1. The van der Waals surface area contributed by atoms with Gasteiger partial charge in [0, 0.05) is 38.7 Å². The van der Waals surface area contributed by atoms with E-state index in [1.54, 1.807) is 6.07 Å². The van der Waals surface area contributed by atoms with Gasteiger partial charge < -0.3 is 15.3 Å². The van der Waals surface area contributed by atoms with Crippen LogP contribution in [0.2, 0.25) is 0 Å². The molecule has 0 radical (unpaired) electrons. The van der Waals surface area contributed by atoms with Gasteiger partial charge in [-0.2, -0.15) is 0 Å². The standard InChI is InChI=1S/C10H12FN3.C2H6.CH3F.CH4O/c11-8-1-2-9(13-3-8)14-6-10(7-14)4-12-5-10;3*1-2/h1-3,12H,4-7H2;1-2H3;1H3;2H,1H3. The van der Waals surface area contributed by atoms with Gasteiger partial charge in [-0.15, -0.1) is 0 Å². The summed E-state index contributed by atoms with van der Waals surface area (Å²) < 4.78 is 22.1. The van der Waals surface area contributed by atoms with Crippen LogP contribution in [0, 0.1) is 11.2 Å². The van der Waals surface area contributed by atoms with Crippen LogP contribution in [0.3, 0.4) is 0 Å². The lowest BCUT2D eigenvalue weighted by Crippen LogP contribution is -2.71. The van der Waals surface area contributed by atoms with Crippen LogP contribution in [0.1, 0.15) is 13.8 Å². The molecule has 0 unspecified atom stereocenters. The molecule has 2 aliphatic heterocycles. The third-order valence-corrected chi connectivity index (χ3v) is 3.09. The van der Waals surface area contributed by atoms with E-state index >= 15 is 0 Å². The summed E-state index contributed by atoms with van der Waals surface area (Å²) in [6.45, 7) is 8.34. The molecule has 0 atom stereocenters. The number of aromatic nitrogens is 1. The highest BCUT2D eigenvalue weighted by Gasteiger charge is 2.47. The largest absolute Gasteiger partial charge is 0.400 e. The molecule has 1 aromatic rings. The fraction of sp³-hybridized carbons (Fsp3) is 0.643. The average molecular weight is 289 g/mol. The van der Waals surface area contributed by atoms with Crippen LogP contribution in [0.15, 0.2) is 18.3 Å². The van der Waals surface area contributed by atoms with E-state index in [1.165, 1.54) is 12.3 Å². The number of aliphatic hydroxyl groups is 1. The highest BCUT2D eigenvalue weighted by molar-refractivity contribution is 5.43. The first kappa shape index (κ1) is 18.7. The predicted octanol–water partition coefficient (Wildman–Crippen LogP) is 1.85. The summed E-state index contributed by atoms with van der Waals surface area (Å²) in [5, 5.41) is 10.3. The van der Waals surface area contributed by atoms with Gasteiger partial charge in [-0.25, -0.2) is 9.37 Å². The van der Waals surface area contributed by atoms with Crippen molar-refractivity contribution in [2.45, 2.75) is 13.8 Å². The van der Waals surface area contributed by atoms with Crippen molar-refractivity contribution in [1.82, 2.24) is 10.3 Å². The molecule has 2 fully saturated rings. The molecule has 1 aromatic heterocycles. The van der Waals surface area contributed by atoms with E-state index in [0.717, 1.165) is 39.1 Å². The van der Waals surface area contributed by atoms with E-state index in [1.807, 2.05) is 13.8 Å². The number of aliphatic hydroxyl groups excluding tert-OH is 1. The van der Waals surface area contributed by atoms with Crippen LogP contribution in [-0.4, -0.2) is 50.6 Å². The summed E-state index contributed by atoms with van der Waals surface area (Å²) in [5.74, 6) is 0.623. The van der Waals surface area contributed by atoms with Gasteiger partial charge in [-0.05, 0) is 12.1 Å². The number of nitrogens with zero attached hydrogens (tertiary/aromatic N) is 2. The van der Waals surface area contributed by atoms with E-state index in [4.69, 9.17) is 5.11 Å². The van der Waals surface area contributed by atoms with Crippen LogP contribution < -0.4 is 10.2 Å². The number of pyridine rings is 1.